The van der Waals surface area contributed by atoms with Gasteiger partial charge >= 0.3 is 0 Å². The number of ether oxygens (including phenoxy) is 1. The molecule has 25 heavy (non-hydrogen) atoms. The Morgan fingerprint density at radius 2 is 1.92 bits per heavy atom. The van der Waals surface area contributed by atoms with Crippen molar-refractivity contribution < 1.29 is 9.53 Å². The summed E-state index contributed by atoms with van der Waals surface area (Å²) in [7, 11) is 0. The predicted octanol–water partition coefficient (Wildman–Crippen LogP) is 5.04. The summed E-state index contributed by atoms with van der Waals surface area (Å²) in [5.74, 6) is 1.11. The van der Waals surface area contributed by atoms with E-state index in [1.165, 1.54) is 5.56 Å². The molecule has 0 spiro atoms. The molecule has 0 saturated carbocycles. The van der Waals surface area contributed by atoms with Gasteiger partial charge < -0.3 is 15.4 Å². The molecule has 2 aromatic carbocycles. The molecule has 0 heterocycles. The summed E-state index contributed by atoms with van der Waals surface area (Å²) in [5, 5.41) is 6.14. The van der Waals surface area contributed by atoms with E-state index in [-0.39, 0.29) is 12.5 Å². The molecule has 134 valence electrons. The highest BCUT2D eigenvalue weighted by molar-refractivity contribution is 5.94. The zero-order valence-corrected chi connectivity index (χ0v) is 15.3. The van der Waals surface area contributed by atoms with Gasteiger partial charge in [-0.15, -0.1) is 0 Å². The van der Waals surface area contributed by atoms with E-state index < -0.39 is 0 Å². The molecule has 4 nitrogen and oxygen atoms in total. The first-order valence-electron chi connectivity index (χ1n) is 8.95. The van der Waals surface area contributed by atoms with Crippen LogP contribution in [0.4, 0.5) is 11.4 Å². The van der Waals surface area contributed by atoms with Crippen LogP contribution in [0.1, 0.15) is 45.1 Å². The van der Waals surface area contributed by atoms with Crippen molar-refractivity contribution in [3.63, 3.8) is 0 Å². The molecule has 0 unspecified atom stereocenters. The van der Waals surface area contributed by atoms with E-state index in [0.29, 0.717) is 12.5 Å². The van der Waals surface area contributed by atoms with Gasteiger partial charge in [0, 0.05) is 17.4 Å². The first-order chi connectivity index (χ1) is 12.1. The van der Waals surface area contributed by atoms with Gasteiger partial charge in [0.25, 0.3) is 0 Å². The summed E-state index contributed by atoms with van der Waals surface area (Å²) in [4.78, 5) is 12.2. The molecule has 0 bridgehead atoms. The molecule has 0 aliphatic heterocycles. The highest BCUT2D eigenvalue weighted by Crippen LogP contribution is 2.23. The van der Waals surface area contributed by atoms with Crippen LogP contribution in [0.15, 0.2) is 48.5 Å². The molecule has 2 rings (SSSR count). The lowest BCUT2D eigenvalue weighted by atomic mass is 10.0. The van der Waals surface area contributed by atoms with Crippen LogP contribution in [-0.2, 0) is 4.79 Å². The second kappa shape index (κ2) is 9.72. The van der Waals surface area contributed by atoms with Crippen LogP contribution >= 0.6 is 0 Å². The maximum absolute atomic E-state index is 12.2. The molecule has 0 aliphatic carbocycles. The van der Waals surface area contributed by atoms with Crippen LogP contribution in [0.5, 0.6) is 5.75 Å². The summed E-state index contributed by atoms with van der Waals surface area (Å²) in [6.07, 6.45) is 2.12. The fourth-order valence-corrected chi connectivity index (χ4v) is 2.54. The molecule has 0 atom stereocenters. The Morgan fingerprint density at radius 1 is 1.12 bits per heavy atom. The maximum atomic E-state index is 12.2. The van der Waals surface area contributed by atoms with E-state index in [4.69, 9.17) is 4.74 Å². The summed E-state index contributed by atoms with van der Waals surface area (Å²) in [5.41, 5.74) is 2.96. The molecule has 0 aliphatic rings. The minimum Gasteiger partial charge on any atom is -0.494 e. The van der Waals surface area contributed by atoms with Crippen molar-refractivity contribution >= 4 is 17.3 Å². The number of hydrogen-bond acceptors (Lipinski definition) is 3. The normalized spacial score (nSPS) is 10.6. The van der Waals surface area contributed by atoms with Gasteiger partial charge in [-0.3, -0.25) is 4.79 Å². The number of para-hydroxylation sites is 1. The van der Waals surface area contributed by atoms with Crippen LogP contribution in [0.2, 0.25) is 0 Å². The summed E-state index contributed by atoms with van der Waals surface area (Å²) >= 11 is 0. The van der Waals surface area contributed by atoms with Gasteiger partial charge in [0.15, 0.2) is 0 Å². The van der Waals surface area contributed by atoms with Gasteiger partial charge in [0.2, 0.25) is 5.91 Å². The lowest BCUT2D eigenvalue weighted by molar-refractivity contribution is -0.114. The first-order valence-corrected chi connectivity index (χ1v) is 8.95. The van der Waals surface area contributed by atoms with Crippen molar-refractivity contribution in [2.45, 2.75) is 39.5 Å². The van der Waals surface area contributed by atoms with Crippen molar-refractivity contribution in [1.82, 2.24) is 0 Å². The number of carbonyl (C=O) groups is 1. The highest BCUT2D eigenvalue weighted by atomic mass is 16.5. The lowest BCUT2D eigenvalue weighted by Crippen LogP contribution is -2.22. The fourth-order valence-electron chi connectivity index (χ4n) is 2.54. The van der Waals surface area contributed by atoms with Crippen molar-refractivity contribution in [2.24, 2.45) is 0 Å². The molecule has 0 radical (unpaired) electrons. The second-order valence-electron chi connectivity index (χ2n) is 6.37. The van der Waals surface area contributed by atoms with Crippen LogP contribution < -0.4 is 15.4 Å². The van der Waals surface area contributed by atoms with Gasteiger partial charge in [-0.25, -0.2) is 0 Å². The van der Waals surface area contributed by atoms with E-state index in [1.54, 1.807) is 0 Å². The topological polar surface area (TPSA) is 50.4 Å². The van der Waals surface area contributed by atoms with E-state index in [1.807, 2.05) is 42.5 Å². The van der Waals surface area contributed by atoms with E-state index in [9.17, 15) is 4.79 Å². The third-order valence-electron chi connectivity index (χ3n) is 3.91. The number of carbonyl (C=O) groups excluding carboxylic acids is 1. The number of amides is 1. The van der Waals surface area contributed by atoms with Gasteiger partial charge in [-0.05, 0) is 36.1 Å². The van der Waals surface area contributed by atoms with Crippen LogP contribution in [-0.4, -0.2) is 19.1 Å². The quantitative estimate of drug-likeness (QED) is 0.629. The largest absolute Gasteiger partial charge is 0.494 e. The molecule has 1 amide bonds. The zero-order valence-electron chi connectivity index (χ0n) is 15.3. The molecular formula is C21H28N2O2. The number of unbranched alkanes of at least 4 members (excludes halogenated alkanes) is 1. The van der Waals surface area contributed by atoms with Gasteiger partial charge in [0.05, 0.1) is 13.2 Å². The van der Waals surface area contributed by atoms with E-state index >= 15 is 0 Å². The van der Waals surface area contributed by atoms with Crippen LogP contribution in [0.3, 0.4) is 0 Å². The fraction of sp³-hybridized carbons (Fsp3) is 0.381. The Bertz CT molecular complexity index is 683. The van der Waals surface area contributed by atoms with Crippen molar-refractivity contribution in [2.75, 3.05) is 23.8 Å². The lowest BCUT2D eigenvalue weighted by Gasteiger charge is -2.14. The third kappa shape index (κ3) is 6.14. The monoisotopic (exact) mass is 340 g/mol. The van der Waals surface area contributed by atoms with Crippen LogP contribution in [0.25, 0.3) is 0 Å². The molecule has 0 fully saturated rings. The SMILES string of the molecule is CCCCOc1cccc(NC(=O)CNc2ccccc2C(C)C)c1. The van der Waals surface area contributed by atoms with Gasteiger partial charge in [-0.1, -0.05) is 51.5 Å². The number of anilines is 2. The molecule has 2 N–H and O–H groups in total. The summed E-state index contributed by atoms with van der Waals surface area (Å²) in [6, 6.07) is 15.6. The van der Waals surface area contributed by atoms with Crippen molar-refractivity contribution in [3.8, 4) is 5.75 Å². The molecule has 0 saturated heterocycles. The Hall–Kier alpha value is -2.49. The standard InChI is InChI=1S/C21H28N2O2/c1-4-5-13-25-18-10-8-9-17(14-18)23-21(24)15-22-20-12-7-6-11-19(20)16(2)3/h6-12,14,16,22H,4-5,13,15H2,1-3H3,(H,23,24). The zero-order chi connectivity index (χ0) is 18.1. The number of hydrogen-bond donors (Lipinski definition) is 2. The smallest absolute Gasteiger partial charge is 0.243 e. The van der Waals surface area contributed by atoms with E-state index in [0.717, 1.165) is 30.0 Å². The average Bonchev–Trinajstić information content (AvgIpc) is 2.61. The third-order valence-corrected chi connectivity index (χ3v) is 3.91. The van der Waals surface area contributed by atoms with Gasteiger partial charge in [-0.2, -0.15) is 0 Å². The maximum Gasteiger partial charge on any atom is 0.243 e. The minimum atomic E-state index is -0.0794. The summed E-state index contributed by atoms with van der Waals surface area (Å²) in [6.45, 7) is 7.34. The van der Waals surface area contributed by atoms with E-state index in [2.05, 4.69) is 37.5 Å². The molecule has 2 aromatic rings. The van der Waals surface area contributed by atoms with Crippen molar-refractivity contribution in [3.05, 3.63) is 54.1 Å². The Balaban J connectivity index is 1.89. The number of rotatable bonds is 9. The molecule has 0 aromatic heterocycles. The Labute approximate surface area is 150 Å². The number of benzene rings is 2. The number of nitrogens with one attached hydrogen (secondary N) is 2. The molecule has 4 heteroatoms. The predicted molar refractivity (Wildman–Crippen MR) is 104 cm³/mol. The second-order valence-corrected chi connectivity index (χ2v) is 6.37. The Kier molecular flexibility index (Phi) is 7.33. The highest BCUT2D eigenvalue weighted by Gasteiger charge is 2.08. The van der Waals surface area contributed by atoms with Crippen LogP contribution in [0, 0.1) is 0 Å². The Morgan fingerprint density at radius 3 is 2.68 bits per heavy atom. The van der Waals surface area contributed by atoms with Crippen molar-refractivity contribution in [1.29, 1.82) is 0 Å². The average molecular weight is 340 g/mol. The molecular weight excluding hydrogens is 312 g/mol. The minimum absolute atomic E-state index is 0.0794. The van der Waals surface area contributed by atoms with Gasteiger partial charge in [0.1, 0.15) is 5.75 Å². The summed E-state index contributed by atoms with van der Waals surface area (Å²) < 4.78 is 5.67. The first kappa shape index (κ1) is 18.8.